The molecule has 1 fully saturated rings. The molecule has 2 aromatic carbocycles. The molecular formula is C20H20BrN3O5. The Balaban J connectivity index is 1.67. The Kier molecular flexibility index (Phi) is 6.17. The lowest BCUT2D eigenvalue weighted by molar-refractivity contribution is -0.385. The van der Waals surface area contributed by atoms with Crippen LogP contribution in [0.5, 0.6) is 5.75 Å². The summed E-state index contributed by atoms with van der Waals surface area (Å²) in [5, 5.41) is 11.1. The van der Waals surface area contributed by atoms with Crippen LogP contribution < -0.4 is 4.74 Å². The van der Waals surface area contributed by atoms with Gasteiger partial charge in [0.15, 0.2) is 0 Å². The van der Waals surface area contributed by atoms with Gasteiger partial charge >= 0.3 is 0 Å². The molecular weight excluding hydrogens is 442 g/mol. The summed E-state index contributed by atoms with van der Waals surface area (Å²) in [7, 11) is 1.56. The van der Waals surface area contributed by atoms with Crippen LogP contribution >= 0.6 is 15.9 Å². The van der Waals surface area contributed by atoms with E-state index >= 15 is 0 Å². The predicted molar refractivity (Wildman–Crippen MR) is 110 cm³/mol. The number of aryl methyl sites for hydroxylation is 1. The van der Waals surface area contributed by atoms with Crippen molar-refractivity contribution in [1.29, 1.82) is 0 Å². The highest BCUT2D eigenvalue weighted by Crippen LogP contribution is 2.26. The number of nitro groups is 1. The van der Waals surface area contributed by atoms with Crippen LogP contribution in [0, 0.1) is 17.0 Å². The first-order valence-corrected chi connectivity index (χ1v) is 9.78. The van der Waals surface area contributed by atoms with Gasteiger partial charge in [-0.15, -0.1) is 0 Å². The highest BCUT2D eigenvalue weighted by Gasteiger charge is 2.27. The van der Waals surface area contributed by atoms with Gasteiger partial charge in [-0.05, 0) is 52.7 Å². The lowest BCUT2D eigenvalue weighted by Crippen LogP contribution is -2.50. The van der Waals surface area contributed by atoms with Crippen molar-refractivity contribution < 1.29 is 19.2 Å². The fourth-order valence-corrected chi connectivity index (χ4v) is 3.61. The van der Waals surface area contributed by atoms with E-state index in [2.05, 4.69) is 15.9 Å². The Labute approximate surface area is 176 Å². The lowest BCUT2D eigenvalue weighted by Gasteiger charge is -2.35. The van der Waals surface area contributed by atoms with Gasteiger partial charge in [0, 0.05) is 43.4 Å². The average molecular weight is 462 g/mol. The minimum absolute atomic E-state index is 0.116. The number of hydrogen-bond donors (Lipinski definition) is 0. The molecule has 0 N–H and O–H groups in total. The minimum Gasteiger partial charge on any atom is -0.496 e. The van der Waals surface area contributed by atoms with E-state index in [1.807, 2.05) is 13.0 Å². The molecule has 0 radical (unpaired) electrons. The van der Waals surface area contributed by atoms with Crippen molar-refractivity contribution in [2.75, 3.05) is 33.3 Å². The second-order valence-electron chi connectivity index (χ2n) is 6.69. The first kappa shape index (κ1) is 20.8. The van der Waals surface area contributed by atoms with Crippen LogP contribution in [-0.4, -0.2) is 59.8 Å². The molecule has 1 aliphatic heterocycles. The number of nitro benzene ring substituents is 1. The maximum absolute atomic E-state index is 12.8. The quantitative estimate of drug-likeness (QED) is 0.514. The van der Waals surface area contributed by atoms with Gasteiger partial charge in [0.25, 0.3) is 17.5 Å². The monoisotopic (exact) mass is 461 g/mol. The van der Waals surface area contributed by atoms with E-state index in [-0.39, 0.29) is 23.1 Å². The Morgan fingerprint density at radius 2 is 1.52 bits per heavy atom. The number of piperazine rings is 1. The van der Waals surface area contributed by atoms with E-state index in [4.69, 9.17) is 4.74 Å². The van der Waals surface area contributed by atoms with E-state index in [0.29, 0.717) is 42.0 Å². The summed E-state index contributed by atoms with van der Waals surface area (Å²) >= 11 is 3.12. The Morgan fingerprint density at radius 1 is 1.00 bits per heavy atom. The summed E-state index contributed by atoms with van der Waals surface area (Å²) in [6, 6.07) is 9.63. The van der Waals surface area contributed by atoms with Gasteiger partial charge in [0.05, 0.1) is 16.5 Å². The second-order valence-corrected chi connectivity index (χ2v) is 7.55. The van der Waals surface area contributed by atoms with Crippen LogP contribution in [0.3, 0.4) is 0 Å². The summed E-state index contributed by atoms with van der Waals surface area (Å²) in [4.78, 5) is 39.3. The number of halogens is 1. The zero-order valence-corrected chi connectivity index (χ0v) is 17.6. The number of hydrogen-bond acceptors (Lipinski definition) is 5. The highest BCUT2D eigenvalue weighted by molar-refractivity contribution is 9.10. The molecule has 0 spiro atoms. The van der Waals surface area contributed by atoms with E-state index in [0.717, 1.165) is 5.56 Å². The van der Waals surface area contributed by atoms with Crippen molar-refractivity contribution in [1.82, 2.24) is 9.80 Å². The predicted octanol–water partition coefficient (Wildman–Crippen LogP) is 3.27. The maximum atomic E-state index is 12.8. The smallest absolute Gasteiger partial charge is 0.284 e. The molecule has 8 nitrogen and oxygen atoms in total. The number of amides is 2. The van der Waals surface area contributed by atoms with Crippen LogP contribution in [0.2, 0.25) is 0 Å². The normalized spacial score (nSPS) is 13.9. The molecule has 3 rings (SSSR count). The molecule has 0 unspecified atom stereocenters. The van der Waals surface area contributed by atoms with Gasteiger partial charge in [-0.1, -0.05) is 6.07 Å². The molecule has 0 atom stereocenters. The van der Waals surface area contributed by atoms with Gasteiger partial charge in [0.2, 0.25) is 0 Å². The van der Waals surface area contributed by atoms with Crippen molar-refractivity contribution in [2.24, 2.45) is 0 Å². The van der Waals surface area contributed by atoms with Crippen LogP contribution in [0.25, 0.3) is 0 Å². The molecule has 1 heterocycles. The molecule has 1 aliphatic rings. The summed E-state index contributed by atoms with van der Waals surface area (Å²) in [5.74, 6) is 0.251. The molecule has 2 aromatic rings. The first-order valence-electron chi connectivity index (χ1n) is 8.99. The van der Waals surface area contributed by atoms with Gasteiger partial charge in [-0.3, -0.25) is 19.7 Å². The lowest BCUT2D eigenvalue weighted by atomic mass is 10.1. The molecule has 0 saturated carbocycles. The number of carbonyl (C=O) groups excluding carboxylic acids is 2. The number of carbonyl (C=O) groups is 2. The van der Waals surface area contributed by atoms with Crippen molar-refractivity contribution in [3.8, 4) is 5.75 Å². The fourth-order valence-electron chi connectivity index (χ4n) is 3.22. The number of rotatable bonds is 4. The van der Waals surface area contributed by atoms with E-state index in [1.54, 1.807) is 35.1 Å². The minimum atomic E-state index is -0.534. The van der Waals surface area contributed by atoms with Crippen molar-refractivity contribution in [2.45, 2.75) is 6.92 Å². The molecule has 0 aliphatic carbocycles. The summed E-state index contributed by atoms with van der Waals surface area (Å²) in [5.41, 5.74) is 1.58. The zero-order chi connectivity index (χ0) is 21.1. The topological polar surface area (TPSA) is 93.0 Å². The largest absolute Gasteiger partial charge is 0.496 e. The maximum Gasteiger partial charge on any atom is 0.284 e. The Bertz CT molecular complexity index is 971. The molecule has 29 heavy (non-hydrogen) atoms. The molecule has 9 heteroatoms. The van der Waals surface area contributed by atoms with Gasteiger partial charge in [-0.2, -0.15) is 0 Å². The Hall–Kier alpha value is -2.94. The third-order valence-electron chi connectivity index (χ3n) is 4.90. The fraction of sp³-hybridized carbons (Fsp3) is 0.300. The van der Waals surface area contributed by atoms with Crippen LogP contribution in [-0.2, 0) is 0 Å². The summed E-state index contributed by atoms with van der Waals surface area (Å²) < 4.78 is 5.60. The SMILES string of the molecule is COc1cc(C(=O)N2CCN(C(=O)c3ccc(Br)c([N+](=O)[O-])c3)CC2)ccc1C. The average Bonchev–Trinajstić information content (AvgIpc) is 2.73. The van der Waals surface area contributed by atoms with Crippen LogP contribution in [0.1, 0.15) is 26.3 Å². The second kappa shape index (κ2) is 8.60. The molecule has 1 saturated heterocycles. The standard InChI is InChI=1S/C20H20BrN3O5/c1-13-3-4-15(12-18(13)29-2)20(26)23-9-7-22(8-10-23)19(25)14-5-6-16(21)17(11-14)24(27)28/h3-6,11-12H,7-10H2,1-2H3. The Morgan fingerprint density at radius 3 is 2.03 bits per heavy atom. The van der Waals surface area contributed by atoms with E-state index in [1.165, 1.54) is 12.1 Å². The summed E-state index contributed by atoms with van der Waals surface area (Å²) in [6.45, 7) is 3.40. The molecule has 2 amide bonds. The van der Waals surface area contributed by atoms with Gasteiger partial charge in [-0.25, -0.2) is 0 Å². The molecule has 0 bridgehead atoms. The van der Waals surface area contributed by atoms with Gasteiger partial charge < -0.3 is 14.5 Å². The van der Waals surface area contributed by atoms with E-state index in [9.17, 15) is 19.7 Å². The third kappa shape index (κ3) is 4.40. The van der Waals surface area contributed by atoms with Crippen LogP contribution in [0.15, 0.2) is 40.9 Å². The number of methoxy groups -OCH3 is 1. The molecule has 0 aromatic heterocycles. The summed E-state index contributed by atoms with van der Waals surface area (Å²) in [6.07, 6.45) is 0. The van der Waals surface area contributed by atoms with E-state index < -0.39 is 4.92 Å². The number of ether oxygens (including phenoxy) is 1. The third-order valence-corrected chi connectivity index (χ3v) is 5.57. The highest BCUT2D eigenvalue weighted by atomic mass is 79.9. The van der Waals surface area contributed by atoms with Crippen molar-refractivity contribution in [3.63, 3.8) is 0 Å². The number of benzene rings is 2. The molecule has 152 valence electrons. The van der Waals surface area contributed by atoms with Crippen molar-refractivity contribution in [3.05, 3.63) is 67.7 Å². The zero-order valence-electron chi connectivity index (χ0n) is 16.1. The van der Waals surface area contributed by atoms with Gasteiger partial charge in [0.1, 0.15) is 5.75 Å². The van der Waals surface area contributed by atoms with Crippen molar-refractivity contribution >= 4 is 33.4 Å². The number of nitrogens with zero attached hydrogens (tertiary/aromatic N) is 3. The van der Waals surface area contributed by atoms with Crippen LogP contribution in [0.4, 0.5) is 5.69 Å². The first-order chi connectivity index (χ1) is 13.8.